The van der Waals surface area contributed by atoms with Crippen LogP contribution in [0.15, 0.2) is 40.2 Å². The molecule has 2 heterocycles. The van der Waals surface area contributed by atoms with Crippen LogP contribution in [-0.4, -0.2) is 49.1 Å². The van der Waals surface area contributed by atoms with Gasteiger partial charge >= 0.3 is 0 Å². The van der Waals surface area contributed by atoms with Crippen LogP contribution in [0.25, 0.3) is 0 Å². The second-order valence-electron chi connectivity index (χ2n) is 6.33. The first-order valence-electron chi connectivity index (χ1n) is 8.78. The number of nitrogens with zero attached hydrogens (tertiary/aromatic N) is 1. The van der Waals surface area contributed by atoms with E-state index in [1.165, 1.54) is 11.3 Å². The van der Waals surface area contributed by atoms with Gasteiger partial charge in [-0.2, -0.15) is 0 Å². The van der Waals surface area contributed by atoms with Crippen LogP contribution < -0.4 is 10.6 Å². The maximum absolute atomic E-state index is 12.6. The van der Waals surface area contributed by atoms with Crippen molar-refractivity contribution < 1.29 is 14.3 Å². The van der Waals surface area contributed by atoms with Crippen LogP contribution in [0.3, 0.4) is 0 Å². The molecular weight excluding hydrogens is 430 g/mol. The molecule has 0 bridgehead atoms. The predicted molar refractivity (Wildman–Crippen MR) is 110 cm³/mol. The number of ether oxygens (including phenoxy) is 1. The van der Waals surface area contributed by atoms with E-state index in [0.29, 0.717) is 4.88 Å². The predicted octanol–water partition coefficient (Wildman–Crippen LogP) is 3.10. The second-order valence-corrected chi connectivity index (χ2v) is 8.80. The summed E-state index contributed by atoms with van der Waals surface area (Å²) in [6, 6.07) is 10.7. The molecule has 8 heteroatoms. The molecule has 1 aliphatic rings. The summed E-state index contributed by atoms with van der Waals surface area (Å²) in [7, 11) is 0. The van der Waals surface area contributed by atoms with Gasteiger partial charge in [0.25, 0.3) is 5.91 Å². The van der Waals surface area contributed by atoms with Crippen molar-refractivity contribution in [1.82, 2.24) is 10.2 Å². The van der Waals surface area contributed by atoms with Crippen LogP contribution in [0.4, 0.5) is 5.69 Å². The number of carbonyl (C=O) groups is 2. The number of amides is 2. The number of hydrogen-bond donors (Lipinski definition) is 2. The van der Waals surface area contributed by atoms with Crippen LogP contribution in [-0.2, 0) is 16.1 Å². The minimum Gasteiger partial charge on any atom is -0.379 e. The fourth-order valence-corrected chi connectivity index (χ4v) is 4.08. The Balaban J connectivity index is 1.60. The molecule has 2 aromatic rings. The first kappa shape index (κ1) is 20.0. The summed E-state index contributed by atoms with van der Waals surface area (Å²) in [6.07, 6.45) is 0. The third-order valence-electron chi connectivity index (χ3n) is 4.31. The van der Waals surface area contributed by atoms with E-state index in [-0.39, 0.29) is 11.8 Å². The lowest BCUT2D eigenvalue weighted by molar-refractivity contribution is -0.117. The third kappa shape index (κ3) is 5.62. The number of benzene rings is 1. The molecule has 0 spiro atoms. The SMILES string of the molecule is CC(NC(=O)c1ccc(Br)s1)C(=O)Nc1ccccc1CN1CCOCC1. The maximum Gasteiger partial charge on any atom is 0.262 e. The molecule has 1 aliphatic heterocycles. The van der Waals surface area contributed by atoms with Crippen molar-refractivity contribution in [2.24, 2.45) is 0 Å². The summed E-state index contributed by atoms with van der Waals surface area (Å²) >= 11 is 4.67. The van der Waals surface area contributed by atoms with Gasteiger partial charge in [0.05, 0.1) is 21.9 Å². The zero-order chi connectivity index (χ0) is 19.2. The van der Waals surface area contributed by atoms with Crippen molar-refractivity contribution in [3.63, 3.8) is 0 Å². The Hall–Kier alpha value is -1.74. The average Bonchev–Trinajstić information content (AvgIpc) is 3.10. The number of carbonyl (C=O) groups excluding carboxylic acids is 2. The number of para-hydroxylation sites is 1. The Morgan fingerprint density at radius 3 is 2.67 bits per heavy atom. The summed E-state index contributed by atoms with van der Waals surface area (Å²) in [4.78, 5) is 27.7. The van der Waals surface area contributed by atoms with E-state index in [0.717, 1.165) is 47.9 Å². The molecule has 2 N–H and O–H groups in total. The first-order valence-corrected chi connectivity index (χ1v) is 10.4. The fourth-order valence-electron chi connectivity index (χ4n) is 2.79. The van der Waals surface area contributed by atoms with E-state index >= 15 is 0 Å². The highest BCUT2D eigenvalue weighted by Gasteiger charge is 2.19. The van der Waals surface area contributed by atoms with Crippen molar-refractivity contribution in [2.45, 2.75) is 19.5 Å². The van der Waals surface area contributed by atoms with Crippen molar-refractivity contribution >= 4 is 44.8 Å². The highest BCUT2D eigenvalue weighted by Crippen LogP contribution is 2.22. The van der Waals surface area contributed by atoms with Gasteiger partial charge in [-0.05, 0) is 46.6 Å². The van der Waals surface area contributed by atoms with Crippen LogP contribution in [0.5, 0.6) is 0 Å². The Bertz CT molecular complexity index is 805. The topological polar surface area (TPSA) is 70.7 Å². The normalized spacial score (nSPS) is 15.9. The molecule has 0 aliphatic carbocycles. The molecule has 2 amide bonds. The Labute approximate surface area is 171 Å². The first-order chi connectivity index (χ1) is 13.0. The molecule has 0 saturated carbocycles. The van der Waals surface area contributed by atoms with Gasteiger partial charge in [-0.3, -0.25) is 14.5 Å². The van der Waals surface area contributed by atoms with Crippen molar-refractivity contribution in [3.8, 4) is 0 Å². The zero-order valence-electron chi connectivity index (χ0n) is 15.0. The van der Waals surface area contributed by atoms with Crippen LogP contribution in [0.2, 0.25) is 0 Å². The fraction of sp³-hybridized carbons (Fsp3) is 0.368. The summed E-state index contributed by atoms with van der Waals surface area (Å²) in [5.41, 5.74) is 1.82. The molecule has 1 aromatic carbocycles. The monoisotopic (exact) mass is 451 g/mol. The van der Waals surface area contributed by atoms with E-state index < -0.39 is 6.04 Å². The van der Waals surface area contributed by atoms with Gasteiger partial charge in [0.15, 0.2) is 0 Å². The molecule has 0 radical (unpaired) electrons. The van der Waals surface area contributed by atoms with E-state index in [9.17, 15) is 9.59 Å². The quantitative estimate of drug-likeness (QED) is 0.707. The summed E-state index contributed by atoms with van der Waals surface area (Å²) < 4.78 is 6.26. The third-order valence-corrected chi connectivity index (χ3v) is 5.93. The van der Waals surface area contributed by atoms with Gasteiger partial charge < -0.3 is 15.4 Å². The number of nitrogens with one attached hydrogen (secondary N) is 2. The Morgan fingerprint density at radius 2 is 1.96 bits per heavy atom. The lowest BCUT2D eigenvalue weighted by atomic mass is 10.1. The summed E-state index contributed by atoms with van der Waals surface area (Å²) in [5.74, 6) is -0.497. The molecule has 144 valence electrons. The van der Waals surface area contributed by atoms with E-state index in [2.05, 4.69) is 31.5 Å². The van der Waals surface area contributed by atoms with Gasteiger partial charge in [-0.25, -0.2) is 0 Å². The molecule has 6 nitrogen and oxygen atoms in total. The standard InChI is InChI=1S/C19H22BrN3O3S/c1-13(21-19(25)16-6-7-17(20)27-16)18(24)22-15-5-3-2-4-14(15)12-23-8-10-26-11-9-23/h2-7,13H,8-12H2,1H3,(H,21,25)(H,22,24). The van der Waals surface area contributed by atoms with Crippen LogP contribution in [0, 0.1) is 0 Å². The van der Waals surface area contributed by atoms with Gasteiger partial charge in [-0.1, -0.05) is 18.2 Å². The van der Waals surface area contributed by atoms with E-state index in [4.69, 9.17) is 4.74 Å². The lowest BCUT2D eigenvalue weighted by Gasteiger charge is -2.27. The molecular formula is C19H22BrN3O3S. The van der Waals surface area contributed by atoms with Crippen LogP contribution >= 0.6 is 27.3 Å². The lowest BCUT2D eigenvalue weighted by Crippen LogP contribution is -2.41. The van der Waals surface area contributed by atoms with Gasteiger partial charge in [0.1, 0.15) is 6.04 Å². The molecule has 1 unspecified atom stereocenters. The number of morpholine rings is 1. The van der Waals surface area contributed by atoms with Gasteiger partial charge in [0, 0.05) is 25.3 Å². The Kier molecular flexibility index (Phi) is 7.01. The number of hydrogen-bond acceptors (Lipinski definition) is 5. The molecule has 3 rings (SSSR count). The molecule has 27 heavy (non-hydrogen) atoms. The van der Waals surface area contributed by atoms with E-state index in [1.807, 2.05) is 30.3 Å². The van der Waals surface area contributed by atoms with Crippen molar-refractivity contribution in [3.05, 3.63) is 50.6 Å². The van der Waals surface area contributed by atoms with Crippen LogP contribution in [0.1, 0.15) is 22.2 Å². The molecule has 1 fully saturated rings. The highest BCUT2D eigenvalue weighted by atomic mass is 79.9. The minimum atomic E-state index is -0.644. The highest BCUT2D eigenvalue weighted by molar-refractivity contribution is 9.11. The summed E-state index contributed by atoms with van der Waals surface area (Å²) in [5, 5.41) is 5.69. The summed E-state index contributed by atoms with van der Waals surface area (Å²) in [6.45, 7) is 5.66. The zero-order valence-corrected chi connectivity index (χ0v) is 17.4. The number of thiophene rings is 1. The van der Waals surface area contributed by atoms with Gasteiger partial charge in [-0.15, -0.1) is 11.3 Å². The largest absolute Gasteiger partial charge is 0.379 e. The number of rotatable bonds is 6. The molecule has 1 saturated heterocycles. The molecule has 1 aromatic heterocycles. The Morgan fingerprint density at radius 1 is 1.22 bits per heavy atom. The maximum atomic E-state index is 12.6. The van der Waals surface area contributed by atoms with Gasteiger partial charge in [0.2, 0.25) is 5.91 Å². The smallest absolute Gasteiger partial charge is 0.262 e. The number of anilines is 1. The van der Waals surface area contributed by atoms with Crippen molar-refractivity contribution in [1.29, 1.82) is 0 Å². The second kappa shape index (κ2) is 9.45. The van der Waals surface area contributed by atoms with E-state index in [1.54, 1.807) is 13.0 Å². The van der Waals surface area contributed by atoms with Crippen molar-refractivity contribution in [2.75, 3.05) is 31.6 Å². The minimum absolute atomic E-state index is 0.242. The number of halogens is 1. The molecule has 1 atom stereocenters. The average molecular weight is 452 g/mol.